The van der Waals surface area contributed by atoms with Gasteiger partial charge in [-0.15, -0.1) is 0 Å². The second-order valence-electron chi connectivity index (χ2n) is 6.89. The van der Waals surface area contributed by atoms with E-state index < -0.39 is 25.9 Å². The van der Waals surface area contributed by atoms with Crippen LogP contribution in [0.4, 0.5) is 0 Å². The molecule has 3 aromatic rings. The molecule has 0 saturated heterocycles. The number of nitrogens with one attached hydrogen (secondary N) is 1. The molecular weight excluding hydrogens is 417 g/mol. The SMILES string of the molecule is COc1cc(-c2ccccc2)ccc1C[C@H](NCP(=O)(O)Oc1ccccc1)C(=O)O. The van der Waals surface area contributed by atoms with Crippen LogP contribution in [0.3, 0.4) is 0 Å². The average molecular weight is 441 g/mol. The van der Waals surface area contributed by atoms with Crippen LogP contribution in [-0.4, -0.2) is 35.4 Å². The zero-order chi connectivity index (χ0) is 22.3. The third-order valence-electron chi connectivity index (χ3n) is 4.65. The first-order valence-electron chi connectivity index (χ1n) is 9.63. The average Bonchev–Trinajstić information content (AvgIpc) is 2.77. The van der Waals surface area contributed by atoms with Crippen molar-refractivity contribution < 1.29 is 28.6 Å². The zero-order valence-corrected chi connectivity index (χ0v) is 17.9. The van der Waals surface area contributed by atoms with E-state index in [0.29, 0.717) is 11.3 Å². The van der Waals surface area contributed by atoms with Crippen molar-refractivity contribution in [2.45, 2.75) is 12.5 Å². The smallest absolute Gasteiger partial charge is 0.390 e. The monoisotopic (exact) mass is 441 g/mol. The molecule has 162 valence electrons. The summed E-state index contributed by atoms with van der Waals surface area (Å²) in [6.07, 6.45) is -0.442. The molecule has 0 fully saturated rings. The van der Waals surface area contributed by atoms with E-state index >= 15 is 0 Å². The highest BCUT2D eigenvalue weighted by Crippen LogP contribution is 2.41. The van der Waals surface area contributed by atoms with Gasteiger partial charge < -0.3 is 19.3 Å². The van der Waals surface area contributed by atoms with E-state index in [1.807, 2.05) is 42.5 Å². The predicted molar refractivity (Wildman–Crippen MR) is 118 cm³/mol. The van der Waals surface area contributed by atoms with Crippen molar-refractivity contribution in [2.24, 2.45) is 0 Å². The largest absolute Gasteiger partial charge is 0.496 e. The highest BCUT2D eigenvalue weighted by Gasteiger charge is 2.26. The Hall–Kier alpha value is -3.12. The summed E-state index contributed by atoms with van der Waals surface area (Å²) >= 11 is 0. The number of hydrogen-bond acceptors (Lipinski definition) is 5. The molecule has 0 radical (unpaired) electrons. The molecule has 0 saturated carbocycles. The van der Waals surface area contributed by atoms with E-state index in [-0.39, 0.29) is 12.2 Å². The summed E-state index contributed by atoms with van der Waals surface area (Å²) in [4.78, 5) is 21.8. The van der Waals surface area contributed by atoms with Crippen LogP contribution < -0.4 is 14.6 Å². The van der Waals surface area contributed by atoms with Crippen molar-refractivity contribution >= 4 is 13.6 Å². The number of ether oxygens (including phenoxy) is 1. The van der Waals surface area contributed by atoms with Gasteiger partial charge >= 0.3 is 13.6 Å². The first kappa shape index (κ1) is 22.6. The van der Waals surface area contributed by atoms with Crippen molar-refractivity contribution in [1.29, 1.82) is 0 Å². The van der Waals surface area contributed by atoms with Gasteiger partial charge in [0.2, 0.25) is 0 Å². The number of hydrogen-bond donors (Lipinski definition) is 3. The number of carboxylic acids is 1. The minimum Gasteiger partial charge on any atom is -0.496 e. The lowest BCUT2D eigenvalue weighted by Gasteiger charge is -2.19. The minimum absolute atomic E-state index is 0.0684. The maximum absolute atomic E-state index is 12.3. The highest BCUT2D eigenvalue weighted by molar-refractivity contribution is 7.53. The lowest BCUT2D eigenvalue weighted by molar-refractivity contribution is -0.139. The van der Waals surface area contributed by atoms with Crippen LogP contribution in [0.5, 0.6) is 11.5 Å². The molecule has 0 aliphatic rings. The molecule has 0 aliphatic heterocycles. The zero-order valence-electron chi connectivity index (χ0n) is 17.0. The van der Waals surface area contributed by atoms with Crippen LogP contribution in [0, 0.1) is 0 Å². The number of methoxy groups -OCH3 is 1. The van der Waals surface area contributed by atoms with Gasteiger partial charge in [0.25, 0.3) is 0 Å². The lowest BCUT2D eigenvalue weighted by atomic mass is 9.99. The number of carboxylic acid groups (broad SMARTS) is 1. The Morgan fingerprint density at radius 1 is 1.00 bits per heavy atom. The van der Waals surface area contributed by atoms with Crippen molar-refractivity contribution in [3.05, 3.63) is 84.4 Å². The Bertz CT molecular complexity index is 1060. The Kier molecular flexibility index (Phi) is 7.47. The molecule has 8 heteroatoms. The molecule has 0 heterocycles. The third kappa shape index (κ3) is 6.43. The fraction of sp³-hybridized carbons (Fsp3) is 0.174. The van der Waals surface area contributed by atoms with Gasteiger partial charge in [0.1, 0.15) is 23.8 Å². The summed E-state index contributed by atoms with van der Waals surface area (Å²) in [5, 5.41) is 12.2. The Morgan fingerprint density at radius 2 is 1.65 bits per heavy atom. The number of aliphatic carboxylic acids is 1. The van der Waals surface area contributed by atoms with Gasteiger partial charge in [-0.2, -0.15) is 0 Å². The van der Waals surface area contributed by atoms with E-state index in [9.17, 15) is 19.4 Å². The molecule has 0 spiro atoms. The van der Waals surface area contributed by atoms with Gasteiger partial charge in [-0.1, -0.05) is 60.7 Å². The Labute approximate surface area is 180 Å². The maximum Gasteiger partial charge on any atom is 0.390 e. The number of carbonyl (C=O) groups is 1. The molecule has 0 bridgehead atoms. The molecular formula is C23H24NO6P. The summed E-state index contributed by atoms with van der Waals surface area (Å²) in [5.74, 6) is -0.365. The van der Waals surface area contributed by atoms with Gasteiger partial charge in [0.05, 0.1) is 7.11 Å². The Balaban J connectivity index is 1.71. The van der Waals surface area contributed by atoms with Gasteiger partial charge in [-0.05, 0) is 34.9 Å². The maximum atomic E-state index is 12.3. The third-order valence-corrected chi connectivity index (χ3v) is 5.72. The molecule has 3 aromatic carbocycles. The summed E-state index contributed by atoms with van der Waals surface area (Å²) in [6, 6.07) is 22.4. The molecule has 31 heavy (non-hydrogen) atoms. The van der Waals surface area contributed by atoms with E-state index in [2.05, 4.69) is 5.32 Å². The fourth-order valence-electron chi connectivity index (χ4n) is 3.09. The number of para-hydroxylation sites is 1. The van der Waals surface area contributed by atoms with Crippen LogP contribution in [0.15, 0.2) is 78.9 Å². The quantitative estimate of drug-likeness (QED) is 0.406. The van der Waals surface area contributed by atoms with Crippen molar-refractivity contribution in [3.8, 4) is 22.6 Å². The first-order valence-corrected chi connectivity index (χ1v) is 11.4. The minimum atomic E-state index is -4.09. The second kappa shape index (κ2) is 10.3. The fourth-order valence-corrected chi connectivity index (χ4v) is 4.06. The molecule has 3 rings (SSSR count). The summed E-state index contributed by atoms with van der Waals surface area (Å²) < 4.78 is 22.9. The normalized spacial score (nSPS) is 13.7. The Morgan fingerprint density at radius 3 is 2.26 bits per heavy atom. The first-order chi connectivity index (χ1) is 14.9. The van der Waals surface area contributed by atoms with E-state index in [0.717, 1.165) is 11.1 Å². The summed E-state index contributed by atoms with van der Waals surface area (Å²) in [7, 11) is -2.56. The van der Waals surface area contributed by atoms with Crippen molar-refractivity contribution in [2.75, 3.05) is 13.4 Å². The predicted octanol–water partition coefficient (Wildman–Crippen LogP) is 4.17. The summed E-state index contributed by atoms with van der Waals surface area (Å²) in [5.41, 5.74) is 2.62. The highest BCUT2D eigenvalue weighted by atomic mass is 31.2. The molecule has 0 aliphatic carbocycles. The van der Waals surface area contributed by atoms with Gasteiger partial charge in [0, 0.05) is 6.42 Å². The molecule has 3 N–H and O–H groups in total. The van der Waals surface area contributed by atoms with Gasteiger partial charge in [-0.25, -0.2) is 4.57 Å². The van der Waals surface area contributed by atoms with Crippen molar-refractivity contribution in [3.63, 3.8) is 0 Å². The van der Waals surface area contributed by atoms with Crippen LogP contribution in [0.1, 0.15) is 5.56 Å². The van der Waals surface area contributed by atoms with Crippen LogP contribution in [0.25, 0.3) is 11.1 Å². The standard InChI is InChI=1S/C23H24NO6P/c1-29-22-15-18(17-8-4-2-5-9-17)12-13-19(22)14-21(23(25)26)24-16-31(27,28)30-20-10-6-3-7-11-20/h2-13,15,21,24H,14,16H2,1H3,(H,25,26)(H,27,28)/t21-/m0/s1. The van der Waals surface area contributed by atoms with Gasteiger partial charge in [-0.3, -0.25) is 10.1 Å². The topological polar surface area (TPSA) is 105 Å². The molecule has 7 nitrogen and oxygen atoms in total. The van der Waals surface area contributed by atoms with E-state index in [1.165, 1.54) is 7.11 Å². The molecule has 0 aromatic heterocycles. The van der Waals surface area contributed by atoms with E-state index in [1.54, 1.807) is 36.4 Å². The summed E-state index contributed by atoms with van der Waals surface area (Å²) in [6.45, 7) is 0. The molecule has 0 amide bonds. The number of rotatable bonds is 10. The van der Waals surface area contributed by atoms with Crippen LogP contribution >= 0.6 is 7.60 Å². The van der Waals surface area contributed by atoms with Gasteiger partial charge in [0.15, 0.2) is 0 Å². The van der Waals surface area contributed by atoms with Crippen LogP contribution in [0.2, 0.25) is 0 Å². The molecule has 2 atom stereocenters. The molecule has 1 unspecified atom stereocenters. The van der Waals surface area contributed by atoms with Crippen molar-refractivity contribution in [1.82, 2.24) is 5.32 Å². The second-order valence-corrected chi connectivity index (χ2v) is 8.67. The van der Waals surface area contributed by atoms with Crippen LogP contribution in [-0.2, 0) is 15.8 Å². The van der Waals surface area contributed by atoms with E-state index in [4.69, 9.17) is 9.26 Å². The number of benzene rings is 3. The lowest BCUT2D eigenvalue weighted by Crippen LogP contribution is -2.39.